The lowest BCUT2D eigenvalue weighted by Gasteiger charge is -2.52. The van der Waals surface area contributed by atoms with Gasteiger partial charge in [-0.1, -0.05) is 0 Å². The molecule has 0 unspecified atom stereocenters. The van der Waals surface area contributed by atoms with Gasteiger partial charge in [0.15, 0.2) is 0 Å². The molecule has 136 valence electrons. The zero-order valence-corrected chi connectivity index (χ0v) is 15.1. The SMILES string of the molecule is CCOC(=O)N1CCC2(CC(N3CCC([C@H]4CCCN4)CC3)C2)C1. The maximum atomic E-state index is 11.9. The quantitative estimate of drug-likeness (QED) is 0.860. The molecule has 24 heavy (non-hydrogen) atoms. The molecule has 4 rings (SSSR count). The number of piperidine rings is 1. The molecule has 0 aromatic carbocycles. The third-order valence-corrected chi connectivity index (χ3v) is 7.06. The molecule has 1 amide bonds. The van der Waals surface area contributed by atoms with Gasteiger partial charge in [-0.2, -0.15) is 0 Å². The summed E-state index contributed by atoms with van der Waals surface area (Å²) in [6.45, 7) is 7.97. The minimum Gasteiger partial charge on any atom is -0.450 e. The van der Waals surface area contributed by atoms with Gasteiger partial charge in [-0.15, -0.1) is 0 Å². The Kier molecular flexibility index (Phi) is 4.74. The molecule has 5 heteroatoms. The highest BCUT2D eigenvalue weighted by Crippen LogP contribution is 2.50. The minimum absolute atomic E-state index is 0.109. The molecule has 3 aliphatic heterocycles. The standard InChI is InChI=1S/C19H33N3O2/c1-2-24-18(23)22-11-7-19(14-22)12-16(13-19)21-9-5-15(6-10-21)17-4-3-8-20-17/h15-17,20H,2-14H2,1H3/t16?,17-,19?/m1/s1. The van der Waals surface area contributed by atoms with Crippen molar-refractivity contribution in [2.24, 2.45) is 11.3 Å². The van der Waals surface area contributed by atoms with Gasteiger partial charge in [-0.25, -0.2) is 4.79 Å². The second-order valence-corrected chi connectivity index (χ2v) is 8.51. The van der Waals surface area contributed by atoms with Gasteiger partial charge >= 0.3 is 6.09 Å². The van der Waals surface area contributed by atoms with Gasteiger partial charge in [0, 0.05) is 25.2 Å². The van der Waals surface area contributed by atoms with Gasteiger partial charge < -0.3 is 19.9 Å². The Morgan fingerprint density at radius 3 is 2.67 bits per heavy atom. The van der Waals surface area contributed by atoms with Crippen LogP contribution in [0.5, 0.6) is 0 Å². The van der Waals surface area contributed by atoms with Crippen LogP contribution in [0.4, 0.5) is 4.79 Å². The third-order valence-electron chi connectivity index (χ3n) is 7.06. The van der Waals surface area contributed by atoms with E-state index in [4.69, 9.17) is 4.74 Å². The predicted octanol–water partition coefficient (Wildman–Crippen LogP) is 2.46. The monoisotopic (exact) mass is 335 g/mol. The van der Waals surface area contributed by atoms with E-state index in [1.54, 1.807) is 0 Å². The van der Waals surface area contributed by atoms with E-state index >= 15 is 0 Å². The molecule has 4 aliphatic rings. The molecule has 1 atom stereocenters. The van der Waals surface area contributed by atoms with E-state index in [2.05, 4.69) is 10.2 Å². The Labute approximate surface area is 146 Å². The molecule has 3 saturated heterocycles. The summed E-state index contributed by atoms with van der Waals surface area (Å²) in [6, 6.07) is 1.57. The number of ether oxygens (including phenoxy) is 1. The van der Waals surface area contributed by atoms with Crippen molar-refractivity contribution >= 4 is 6.09 Å². The summed E-state index contributed by atoms with van der Waals surface area (Å²) < 4.78 is 5.16. The summed E-state index contributed by atoms with van der Waals surface area (Å²) in [5.74, 6) is 0.906. The van der Waals surface area contributed by atoms with Crippen LogP contribution in [0.1, 0.15) is 51.9 Å². The molecule has 0 aromatic heterocycles. The summed E-state index contributed by atoms with van der Waals surface area (Å²) >= 11 is 0. The van der Waals surface area contributed by atoms with Gasteiger partial charge in [0.05, 0.1) is 6.61 Å². The lowest BCUT2D eigenvalue weighted by atomic mass is 9.64. The molecule has 1 saturated carbocycles. The summed E-state index contributed by atoms with van der Waals surface area (Å²) in [6.07, 6.45) is 9.14. The van der Waals surface area contributed by atoms with Crippen LogP contribution in [0, 0.1) is 11.3 Å². The lowest BCUT2D eigenvalue weighted by molar-refractivity contribution is -0.0115. The second kappa shape index (κ2) is 6.83. The number of nitrogens with one attached hydrogen (secondary N) is 1. The fraction of sp³-hybridized carbons (Fsp3) is 0.947. The molecule has 0 aromatic rings. The van der Waals surface area contributed by atoms with E-state index in [0.29, 0.717) is 12.0 Å². The smallest absolute Gasteiger partial charge is 0.409 e. The number of carbonyl (C=O) groups is 1. The molecule has 1 spiro atoms. The third kappa shape index (κ3) is 3.17. The van der Waals surface area contributed by atoms with Crippen molar-refractivity contribution in [3.8, 4) is 0 Å². The van der Waals surface area contributed by atoms with Crippen LogP contribution in [-0.2, 0) is 4.74 Å². The molecule has 1 N–H and O–H groups in total. The van der Waals surface area contributed by atoms with E-state index in [9.17, 15) is 4.79 Å². The highest BCUT2D eigenvalue weighted by atomic mass is 16.6. The van der Waals surface area contributed by atoms with Crippen molar-refractivity contribution in [2.45, 2.75) is 64.0 Å². The number of likely N-dealkylation sites (tertiary alicyclic amines) is 2. The first-order chi connectivity index (χ1) is 11.7. The van der Waals surface area contributed by atoms with Crippen molar-refractivity contribution in [1.82, 2.24) is 15.1 Å². The van der Waals surface area contributed by atoms with E-state index in [1.165, 1.54) is 64.6 Å². The van der Waals surface area contributed by atoms with Crippen LogP contribution in [-0.4, -0.2) is 67.3 Å². The highest BCUT2D eigenvalue weighted by molar-refractivity contribution is 5.68. The topological polar surface area (TPSA) is 44.8 Å². The van der Waals surface area contributed by atoms with Gasteiger partial charge in [0.2, 0.25) is 0 Å². The Morgan fingerprint density at radius 2 is 2.00 bits per heavy atom. The molecule has 4 fully saturated rings. The maximum absolute atomic E-state index is 11.9. The molecule has 3 heterocycles. The number of hydrogen-bond donors (Lipinski definition) is 1. The highest BCUT2D eigenvalue weighted by Gasteiger charge is 2.51. The normalized spacial score (nSPS) is 37.8. The Morgan fingerprint density at radius 1 is 1.21 bits per heavy atom. The molecule has 0 radical (unpaired) electrons. The van der Waals surface area contributed by atoms with Gasteiger partial charge in [0.1, 0.15) is 0 Å². The van der Waals surface area contributed by atoms with Crippen LogP contribution in [0.25, 0.3) is 0 Å². The molecular weight excluding hydrogens is 302 g/mol. The van der Waals surface area contributed by atoms with Gasteiger partial charge in [-0.05, 0) is 82.8 Å². The molecular formula is C19H33N3O2. The van der Waals surface area contributed by atoms with Crippen molar-refractivity contribution in [1.29, 1.82) is 0 Å². The van der Waals surface area contributed by atoms with Crippen LogP contribution < -0.4 is 5.32 Å². The zero-order valence-electron chi connectivity index (χ0n) is 15.1. The second-order valence-electron chi connectivity index (χ2n) is 8.51. The summed E-state index contributed by atoms with van der Waals surface area (Å²) in [4.78, 5) is 16.6. The van der Waals surface area contributed by atoms with Gasteiger partial charge in [0.25, 0.3) is 0 Å². The largest absolute Gasteiger partial charge is 0.450 e. The zero-order chi connectivity index (χ0) is 16.6. The van der Waals surface area contributed by atoms with Crippen molar-refractivity contribution in [2.75, 3.05) is 39.3 Å². The predicted molar refractivity (Wildman–Crippen MR) is 94.0 cm³/mol. The first-order valence-electron chi connectivity index (χ1n) is 10.1. The summed E-state index contributed by atoms with van der Waals surface area (Å²) in [5, 5.41) is 3.70. The number of rotatable bonds is 3. The first-order valence-corrected chi connectivity index (χ1v) is 10.1. The van der Waals surface area contributed by atoms with Crippen molar-refractivity contribution in [3.05, 3.63) is 0 Å². The average molecular weight is 335 g/mol. The van der Waals surface area contributed by atoms with E-state index in [-0.39, 0.29) is 6.09 Å². The summed E-state index contributed by atoms with van der Waals surface area (Å²) in [5.41, 5.74) is 0.404. The van der Waals surface area contributed by atoms with Crippen LogP contribution in [0.15, 0.2) is 0 Å². The molecule has 1 aliphatic carbocycles. The molecule has 5 nitrogen and oxygen atoms in total. The average Bonchev–Trinajstić information content (AvgIpc) is 3.24. The molecule has 0 bridgehead atoms. The van der Waals surface area contributed by atoms with Crippen LogP contribution >= 0.6 is 0 Å². The summed E-state index contributed by atoms with van der Waals surface area (Å²) in [7, 11) is 0. The maximum Gasteiger partial charge on any atom is 0.409 e. The van der Waals surface area contributed by atoms with Gasteiger partial charge in [-0.3, -0.25) is 0 Å². The Bertz CT molecular complexity index is 450. The number of amides is 1. The van der Waals surface area contributed by atoms with Crippen LogP contribution in [0.3, 0.4) is 0 Å². The van der Waals surface area contributed by atoms with Crippen molar-refractivity contribution < 1.29 is 9.53 Å². The van der Waals surface area contributed by atoms with Crippen molar-refractivity contribution in [3.63, 3.8) is 0 Å². The lowest BCUT2D eigenvalue weighted by Crippen LogP contribution is -2.55. The van der Waals surface area contributed by atoms with E-state index in [0.717, 1.165) is 31.1 Å². The first kappa shape index (κ1) is 16.6. The van der Waals surface area contributed by atoms with E-state index in [1.807, 2.05) is 11.8 Å². The Hall–Kier alpha value is -0.810. The number of carbonyl (C=O) groups excluding carboxylic acids is 1. The number of hydrogen-bond acceptors (Lipinski definition) is 4. The minimum atomic E-state index is -0.109. The van der Waals surface area contributed by atoms with Crippen LogP contribution in [0.2, 0.25) is 0 Å². The Balaban J connectivity index is 1.22. The number of nitrogens with zero attached hydrogens (tertiary/aromatic N) is 2. The fourth-order valence-corrected chi connectivity index (χ4v) is 5.64. The van der Waals surface area contributed by atoms with E-state index < -0.39 is 0 Å². The fourth-order valence-electron chi connectivity index (χ4n) is 5.64.